The van der Waals surface area contributed by atoms with Crippen molar-refractivity contribution in [3.8, 4) is 0 Å². The topological polar surface area (TPSA) is 49.4 Å². The summed E-state index contributed by atoms with van der Waals surface area (Å²) in [5.74, 6) is 0.375. The van der Waals surface area contributed by atoms with Crippen LogP contribution in [-0.4, -0.2) is 34.0 Å². The Kier molecular flexibility index (Phi) is 9.56. The van der Waals surface area contributed by atoms with Crippen LogP contribution >= 0.6 is 46.6 Å². The Labute approximate surface area is 203 Å². The van der Waals surface area contributed by atoms with Crippen molar-refractivity contribution in [1.29, 1.82) is 0 Å². The Balaban J connectivity index is 2.18. The summed E-state index contributed by atoms with van der Waals surface area (Å²) in [4.78, 5) is 27.5. The maximum Gasteiger partial charge on any atom is 0.242 e. The molecule has 0 aromatic heterocycles. The van der Waals surface area contributed by atoms with Crippen LogP contribution in [0.1, 0.15) is 38.8 Å². The molecular weight excluding hydrogens is 475 g/mol. The Bertz CT molecular complexity index is 911. The number of halogens is 3. The summed E-state index contributed by atoms with van der Waals surface area (Å²) in [6.45, 7) is 7.54. The monoisotopic (exact) mass is 500 g/mol. The van der Waals surface area contributed by atoms with Gasteiger partial charge in [0.15, 0.2) is 0 Å². The van der Waals surface area contributed by atoms with Gasteiger partial charge in [0, 0.05) is 38.5 Å². The maximum absolute atomic E-state index is 13.2. The number of carbonyl (C=O) groups is 2. The molecule has 0 aliphatic heterocycles. The molecule has 0 saturated heterocycles. The quantitative estimate of drug-likeness (QED) is 0.468. The lowest BCUT2D eigenvalue weighted by molar-refractivity contribution is -0.139. The molecule has 4 nitrogen and oxygen atoms in total. The van der Waals surface area contributed by atoms with Gasteiger partial charge in [-0.1, -0.05) is 59.1 Å². The molecule has 2 aromatic rings. The number of amides is 2. The van der Waals surface area contributed by atoms with Gasteiger partial charge in [-0.15, -0.1) is 11.8 Å². The molecule has 1 N–H and O–H groups in total. The van der Waals surface area contributed by atoms with Crippen molar-refractivity contribution in [2.45, 2.75) is 51.6 Å². The number of nitrogens with one attached hydrogen (secondary N) is 1. The zero-order valence-electron chi connectivity index (χ0n) is 18.0. The van der Waals surface area contributed by atoms with Crippen LogP contribution in [0.2, 0.25) is 15.1 Å². The number of hydrogen-bond donors (Lipinski definition) is 1. The molecule has 168 valence electrons. The highest BCUT2D eigenvalue weighted by Gasteiger charge is 2.29. The molecule has 2 amide bonds. The van der Waals surface area contributed by atoms with E-state index in [1.54, 1.807) is 25.1 Å². The fourth-order valence-electron chi connectivity index (χ4n) is 2.86. The van der Waals surface area contributed by atoms with Gasteiger partial charge < -0.3 is 10.2 Å². The van der Waals surface area contributed by atoms with E-state index >= 15 is 0 Å². The van der Waals surface area contributed by atoms with Crippen molar-refractivity contribution in [3.05, 3.63) is 68.7 Å². The highest BCUT2D eigenvalue weighted by molar-refractivity contribution is 7.99. The largest absolute Gasteiger partial charge is 0.350 e. The van der Waals surface area contributed by atoms with E-state index in [2.05, 4.69) is 5.32 Å². The van der Waals surface area contributed by atoms with E-state index < -0.39 is 11.6 Å². The van der Waals surface area contributed by atoms with Crippen LogP contribution < -0.4 is 5.32 Å². The fraction of sp³-hybridized carbons (Fsp3) is 0.391. The Morgan fingerprint density at radius 3 is 2.16 bits per heavy atom. The van der Waals surface area contributed by atoms with Crippen LogP contribution in [0.15, 0.2) is 42.5 Å². The van der Waals surface area contributed by atoms with E-state index in [4.69, 9.17) is 34.8 Å². The SMILES string of the molecule is CC(C(=O)NC(C)(C)C)N(Cc1c(Cl)cccc1Cl)C(=O)CSCc1ccccc1Cl. The van der Waals surface area contributed by atoms with Gasteiger partial charge in [0.25, 0.3) is 0 Å². The first-order valence-electron chi connectivity index (χ1n) is 9.85. The van der Waals surface area contributed by atoms with Crippen molar-refractivity contribution < 1.29 is 9.59 Å². The van der Waals surface area contributed by atoms with Crippen molar-refractivity contribution in [2.75, 3.05) is 5.75 Å². The van der Waals surface area contributed by atoms with Gasteiger partial charge >= 0.3 is 0 Å². The van der Waals surface area contributed by atoms with E-state index in [1.807, 2.05) is 45.0 Å². The second-order valence-corrected chi connectivity index (χ2v) is 10.4. The Morgan fingerprint density at radius 1 is 1.00 bits per heavy atom. The van der Waals surface area contributed by atoms with E-state index in [0.717, 1.165) is 5.56 Å². The zero-order valence-corrected chi connectivity index (χ0v) is 21.1. The summed E-state index contributed by atoms with van der Waals surface area (Å²) in [7, 11) is 0. The van der Waals surface area contributed by atoms with Gasteiger partial charge in [0.2, 0.25) is 11.8 Å². The third-order valence-corrected chi connectivity index (χ3v) is 6.54. The second-order valence-electron chi connectivity index (χ2n) is 8.22. The van der Waals surface area contributed by atoms with E-state index in [-0.39, 0.29) is 24.1 Å². The number of thioether (sulfide) groups is 1. The van der Waals surface area contributed by atoms with Crippen LogP contribution in [-0.2, 0) is 21.9 Å². The molecule has 0 aliphatic rings. The summed E-state index contributed by atoms with van der Waals surface area (Å²) in [5.41, 5.74) is 1.16. The van der Waals surface area contributed by atoms with Gasteiger partial charge in [0.1, 0.15) is 6.04 Å². The Hall–Kier alpha value is -1.40. The third kappa shape index (κ3) is 7.90. The summed E-state index contributed by atoms with van der Waals surface area (Å²) in [6, 6.07) is 12.0. The second kappa shape index (κ2) is 11.5. The molecule has 1 atom stereocenters. The van der Waals surface area contributed by atoms with Crippen molar-refractivity contribution in [1.82, 2.24) is 10.2 Å². The number of hydrogen-bond acceptors (Lipinski definition) is 3. The smallest absolute Gasteiger partial charge is 0.242 e. The molecule has 0 saturated carbocycles. The van der Waals surface area contributed by atoms with Crippen LogP contribution in [0.4, 0.5) is 0 Å². The summed E-state index contributed by atoms with van der Waals surface area (Å²) < 4.78 is 0. The average Bonchev–Trinajstić information content (AvgIpc) is 2.67. The first-order chi connectivity index (χ1) is 14.5. The molecule has 0 aliphatic carbocycles. The highest BCUT2D eigenvalue weighted by Crippen LogP contribution is 2.27. The van der Waals surface area contributed by atoms with Crippen LogP contribution in [0.5, 0.6) is 0 Å². The first-order valence-corrected chi connectivity index (χ1v) is 12.1. The predicted octanol–water partition coefficient (Wildman–Crippen LogP) is 6.21. The number of benzene rings is 2. The predicted molar refractivity (Wildman–Crippen MR) is 132 cm³/mol. The molecule has 31 heavy (non-hydrogen) atoms. The zero-order chi connectivity index (χ0) is 23.2. The van der Waals surface area contributed by atoms with E-state index in [0.29, 0.717) is 26.4 Å². The molecule has 1 unspecified atom stereocenters. The van der Waals surface area contributed by atoms with Crippen molar-refractivity contribution in [2.24, 2.45) is 0 Å². The first kappa shape index (κ1) is 25.9. The van der Waals surface area contributed by atoms with Gasteiger partial charge in [-0.05, 0) is 51.5 Å². The molecule has 0 heterocycles. The number of rotatable bonds is 8. The van der Waals surface area contributed by atoms with Gasteiger partial charge in [-0.2, -0.15) is 0 Å². The van der Waals surface area contributed by atoms with E-state index in [9.17, 15) is 9.59 Å². The van der Waals surface area contributed by atoms with E-state index in [1.165, 1.54) is 16.7 Å². The van der Waals surface area contributed by atoms with Crippen molar-refractivity contribution >= 4 is 58.4 Å². The number of nitrogens with zero attached hydrogens (tertiary/aromatic N) is 1. The average molecular weight is 502 g/mol. The minimum absolute atomic E-state index is 0.142. The standard InChI is InChI=1S/C23H27Cl3N2O2S/c1-15(22(30)27-23(2,3)4)28(12-17-19(25)10-7-11-20(17)26)21(29)14-31-13-16-8-5-6-9-18(16)24/h5-11,15H,12-14H2,1-4H3,(H,27,30). The third-order valence-electron chi connectivity index (χ3n) is 4.50. The maximum atomic E-state index is 13.2. The molecule has 0 bridgehead atoms. The molecule has 0 fully saturated rings. The number of carbonyl (C=O) groups excluding carboxylic acids is 2. The summed E-state index contributed by atoms with van der Waals surface area (Å²) in [5, 5.41) is 4.51. The molecule has 2 aromatic carbocycles. The minimum Gasteiger partial charge on any atom is -0.350 e. The molecule has 0 radical (unpaired) electrons. The van der Waals surface area contributed by atoms with Gasteiger partial charge in [0.05, 0.1) is 5.75 Å². The van der Waals surface area contributed by atoms with Crippen LogP contribution in [0.3, 0.4) is 0 Å². The van der Waals surface area contributed by atoms with Gasteiger partial charge in [-0.3, -0.25) is 9.59 Å². The lowest BCUT2D eigenvalue weighted by Crippen LogP contribution is -2.52. The normalized spacial score (nSPS) is 12.4. The lowest BCUT2D eigenvalue weighted by Gasteiger charge is -2.32. The van der Waals surface area contributed by atoms with Crippen molar-refractivity contribution in [3.63, 3.8) is 0 Å². The summed E-state index contributed by atoms with van der Waals surface area (Å²) in [6.07, 6.45) is 0. The fourth-order valence-corrected chi connectivity index (χ4v) is 4.57. The minimum atomic E-state index is -0.694. The molecule has 8 heteroatoms. The van der Waals surface area contributed by atoms with Crippen LogP contribution in [0.25, 0.3) is 0 Å². The molecule has 0 spiro atoms. The molecular formula is C23H27Cl3N2O2S. The van der Waals surface area contributed by atoms with Crippen LogP contribution in [0, 0.1) is 0 Å². The van der Waals surface area contributed by atoms with Gasteiger partial charge in [-0.25, -0.2) is 0 Å². The lowest BCUT2D eigenvalue weighted by atomic mass is 10.1. The summed E-state index contributed by atoms with van der Waals surface area (Å²) >= 11 is 20.3. The molecule has 2 rings (SSSR count). The highest BCUT2D eigenvalue weighted by atomic mass is 35.5. The Morgan fingerprint density at radius 2 is 1.58 bits per heavy atom.